The molecule has 1 unspecified atom stereocenters. The topological polar surface area (TPSA) is 74.7 Å². The Morgan fingerprint density at radius 1 is 1.27 bits per heavy atom. The van der Waals surface area contributed by atoms with Gasteiger partial charge in [0.25, 0.3) is 10.1 Å². The largest absolute Gasteiger partial charge is 0.298 e. The number of benzene rings is 1. The van der Waals surface area contributed by atoms with Gasteiger partial charge in [-0.25, -0.2) is 0 Å². The second kappa shape index (κ2) is 8.41. The Bertz CT molecular complexity index is 581. The van der Waals surface area contributed by atoms with Gasteiger partial charge >= 0.3 is 0 Å². The first kappa shape index (κ1) is 18.8. The van der Waals surface area contributed by atoms with Gasteiger partial charge in [-0.3, -0.25) is 14.2 Å². The van der Waals surface area contributed by atoms with Crippen molar-refractivity contribution in [3.05, 3.63) is 29.8 Å². The summed E-state index contributed by atoms with van der Waals surface area (Å²) in [6.07, 6.45) is 3.00. The van der Waals surface area contributed by atoms with E-state index in [1.165, 1.54) is 12.1 Å². The number of Topliss-reactive ketones (excluding diaryl/α,β-unsaturated/α-hetero) is 1. The number of piperidine rings is 1. The van der Waals surface area contributed by atoms with Crippen LogP contribution in [0.3, 0.4) is 0 Å². The fourth-order valence-electron chi connectivity index (χ4n) is 2.21. The maximum Gasteiger partial charge on any atom is 0.294 e. The highest BCUT2D eigenvalue weighted by atomic mass is 32.2. The van der Waals surface area contributed by atoms with Crippen LogP contribution in [0.2, 0.25) is 0 Å². The van der Waals surface area contributed by atoms with Crippen molar-refractivity contribution in [3.8, 4) is 0 Å². The monoisotopic (exact) mass is 327 g/mol. The van der Waals surface area contributed by atoms with E-state index < -0.39 is 10.1 Å². The summed E-state index contributed by atoms with van der Waals surface area (Å²) < 4.78 is 29.6. The minimum Gasteiger partial charge on any atom is -0.298 e. The molecule has 0 aliphatic carbocycles. The molecule has 0 saturated carbocycles. The third-order valence-electron chi connectivity index (χ3n) is 3.81. The predicted octanol–water partition coefficient (Wildman–Crippen LogP) is 2.69. The highest BCUT2D eigenvalue weighted by Gasteiger charge is 2.19. The van der Waals surface area contributed by atoms with E-state index in [0.29, 0.717) is 18.4 Å². The van der Waals surface area contributed by atoms with E-state index >= 15 is 0 Å². The quantitative estimate of drug-likeness (QED) is 0.864. The second-order valence-corrected chi connectivity index (χ2v) is 7.08. The van der Waals surface area contributed by atoms with Crippen LogP contribution in [0.5, 0.6) is 0 Å². The van der Waals surface area contributed by atoms with Gasteiger partial charge in [-0.1, -0.05) is 24.6 Å². The summed E-state index contributed by atoms with van der Waals surface area (Å²) in [5, 5.41) is 0. The van der Waals surface area contributed by atoms with E-state index in [2.05, 4.69) is 18.7 Å². The number of carbonyl (C=O) groups is 1. The van der Waals surface area contributed by atoms with Gasteiger partial charge in [-0.2, -0.15) is 8.42 Å². The number of ketones is 1. The van der Waals surface area contributed by atoms with Gasteiger partial charge < -0.3 is 0 Å². The lowest BCUT2D eigenvalue weighted by Crippen LogP contribution is -2.41. The standard InChI is InChI=1S/C9H17NO.C7H8O3S/c1-3-8(2)10-6-4-5-9(11)7-10;1-6-2-4-7(5-3-6)11(8,9)10/h8H,3-7H2,1-2H3;2-5H,1H3,(H,8,9,10). The van der Waals surface area contributed by atoms with E-state index in [9.17, 15) is 13.2 Å². The van der Waals surface area contributed by atoms with Crippen molar-refractivity contribution < 1.29 is 17.8 Å². The summed E-state index contributed by atoms with van der Waals surface area (Å²) in [7, 11) is -4.02. The predicted molar refractivity (Wildman–Crippen MR) is 86.6 cm³/mol. The molecule has 6 heteroatoms. The number of hydrogen-bond acceptors (Lipinski definition) is 4. The average molecular weight is 327 g/mol. The maximum atomic E-state index is 11.1. The molecule has 0 bridgehead atoms. The van der Waals surface area contributed by atoms with Crippen LogP contribution in [0.4, 0.5) is 0 Å². The first-order chi connectivity index (χ1) is 10.2. The minimum atomic E-state index is -4.02. The van der Waals surface area contributed by atoms with Crippen molar-refractivity contribution in [1.29, 1.82) is 0 Å². The average Bonchev–Trinajstić information content (AvgIpc) is 2.46. The van der Waals surface area contributed by atoms with Gasteiger partial charge in [0.2, 0.25) is 0 Å². The molecule has 0 aromatic heterocycles. The molecule has 1 N–H and O–H groups in total. The Morgan fingerprint density at radius 2 is 1.86 bits per heavy atom. The van der Waals surface area contributed by atoms with Crippen LogP contribution in [-0.2, 0) is 14.9 Å². The molecule has 2 rings (SSSR count). The van der Waals surface area contributed by atoms with Crippen molar-refractivity contribution in [2.75, 3.05) is 13.1 Å². The minimum absolute atomic E-state index is 0.0666. The van der Waals surface area contributed by atoms with Crippen LogP contribution in [-0.4, -0.2) is 42.8 Å². The molecular weight excluding hydrogens is 302 g/mol. The van der Waals surface area contributed by atoms with Crippen molar-refractivity contribution in [1.82, 2.24) is 4.90 Å². The fraction of sp³-hybridized carbons (Fsp3) is 0.562. The molecule has 1 saturated heterocycles. The van der Waals surface area contributed by atoms with Crippen LogP contribution in [0.1, 0.15) is 38.7 Å². The zero-order chi connectivity index (χ0) is 16.8. The highest BCUT2D eigenvalue weighted by molar-refractivity contribution is 7.85. The lowest BCUT2D eigenvalue weighted by atomic mass is 10.1. The lowest BCUT2D eigenvalue weighted by Gasteiger charge is -2.30. The molecule has 22 heavy (non-hydrogen) atoms. The maximum absolute atomic E-state index is 11.1. The Hall–Kier alpha value is -1.24. The Morgan fingerprint density at radius 3 is 2.32 bits per heavy atom. The van der Waals surface area contributed by atoms with Gasteiger partial charge in [-0.05, 0) is 45.4 Å². The van der Waals surface area contributed by atoms with Crippen molar-refractivity contribution in [2.45, 2.75) is 51.0 Å². The first-order valence-corrected chi connectivity index (χ1v) is 8.98. The molecule has 1 heterocycles. The number of hydrogen-bond donors (Lipinski definition) is 1. The molecule has 124 valence electrons. The van der Waals surface area contributed by atoms with E-state index in [1.54, 1.807) is 12.1 Å². The summed E-state index contributed by atoms with van der Waals surface area (Å²) in [5.74, 6) is 0.413. The molecule has 0 radical (unpaired) electrons. The Kier molecular flexibility index (Phi) is 7.19. The van der Waals surface area contributed by atoms with Crippen molar-refractivity contribution >= 4 is 15.9 Å². The van der Waals surface area contributed by atoms with Crippen LogP contribution in [0, 0.1) is 6.92 Å². The third kappa shape index (κ3) is 6.25. The van der Waals surface area contributed by atoms with Crippen LogP contribution < -0.4 is 0 Å². The number of nitrogens with zero attached hydrogens (tertiary/aromatic N) is 1. The van der Waals surface area contributed by atoms with E-state index in [-0.39, 0.29) is 4.90 Å². The molecule has 1 aliphatic heterocycles. The van der Waals surface area contributed by atoms with Gasteiger partial charge in [-0.15, -0.1) is 0 Å². The van der Waals surface area contributed by atoms with E-state index in [1.807, 2.05) is 6.92 Å². The molecule has 1 aliphatic rings. The summed E-state index contributed by atoms with van der Waals surface area (Å²) >= 11 is 0. The van der Waals surface area contributed by atoms with E-state index in [0.717, 1.165) is 31.4 Å². The Labute approximate surface area is 133 Å². The van der Waals surface area contributed by atoms with Crippen molar-refractivity contribution in [2.24, 2.45) is 0 Å². The summed E-state index contributed by atoms with van der Waals surface area (Å²) in [5.41, 5.74) is 0.956. The first-order valence-electron chi connectivity index (χ1n) is 7.54. The van der Waals surface area contributed by atoms with Gasteiger partial charge in [0.1, 0.15) is 5.78 Å². The Balaban J connectivity index is 0.000000220. The number of likely N-dealkylation sites (tertiary alicyclic amines) is 1. The zero-order valence-corrected chi connectivity index (χ0v) is 14.3. The second-order valence-electron chi connectivity index (χ2n) is 5.66. The normalized spacial score (nSPS) is 17.5. The van der Waals surface area contributed by atoms with Gasteiger partial charge in [0, 0.05) is 12.5 Å². The fourth-order valence-corrected chi connectivity index (χ4v) is 2.69. The molecule has 1 atom stereocenters. The zero-order valence-electron chi connectivity index (χ0n) is 13.4. The lowest BCUT2D eigenvalue weighted by molar-refractivity contribution is -0.122. The molecule has 1 aromatic rings. The third-order valence-corrected chi connectivity index (χ3v) is 4.68. The SMILES string of the molecule is CCC(C)N1CCCC(=O)C1.Cc1ccc(S(=O)(=O)O)cc1. The molecule has 0 spiro atoms. The van der Waals surface area contributed by atoms with Crippen molar-refractivity contribution in [3.63, 3.8) is 0 Å². The number of aryl methyl sites for hydroxylation is 1. The van der Waals surface area contributed by atoms with Gasteiger partial charge in [0.05, 0.1) is 11.4 Å². The van der Waals surface area contributed by atoms with Crippen LogP contribution in [0.15, 0.2) is 29.2 Å². The molecule has 1 aromatic carbocycles. The van der Waals surface area contributed by atoms with E-state index in [4.69, 9.17) is 4.55 Å². The molecule has 5 nitrogen and oxygen atoms in total. The molecule has 0 amide bonds. The smallest absolute Gasteiger partial charge is 0.294 e. The van der Waals surface area contributed by atoms with Crippen LogP contribution >= 0.6 is 0 Å². The molecule has 1 fully saturated rings. The summed E-state index contributed by atoms with van der Waals surface area (Å²) in [6.45, 7) is 8.01. The number of carbonyl (C=O) groups excluding carboxylic acids is 1. The summed E-state index contributed by atoms with van der Waals surface area (Å²) in [4.78, 5) is 13.3. The van der Waals surface area contributed by atoms with Gasteiger partial charge in [0.15, 0.2) is 0 Å². The highest BCUT2D eigenvalue weighted by Crippen LogP contribution is 2.11. The number of rotatable bonds is 3. The molecular formula is C16H25NO4S. The van der Waals surface area contributed by atoms with Crippen LogP contribution in [0.25, 0.3) is 0 Å². The summed E-state index contributed by atoms with van der Waals surface area (Å²) in [6, 6.07) is 6.57.